The Morgan fingerprint density at radius 2 is 2.16 bits per heavy atom. The lowest BCUT2D eigenvalue weighted by Crippen LogP contribution is -2.52. The summed E-state index contributed by atoms with van der Waals surface area (Å²) in [5.41, 5.74) is 1.39. The molecule has 0 bridgehead atoms. The fraction of sp³-hybridized carbons (Fsp3) is 0.600. The van der Waals surface area contributed by atoms with Crippen molar-refractivity contribution in [3.63, 3.8) is 0 Å². The first kappa shape index (κ1) is 14.7. The van der Waals surface area contributed by atoms with Crippen LogP contribution in [-0.4, -0.2) is 52.8 Å². The van der Waals surface area contributed by atoms with Crippen LogP contribution in [0.3, 0.4) is 0 Å². The van der Waals surface area contributed by atoms with Crippen molar-refractivity contribution in [2.75, 3.05) is 37.7 Å². The van der Waals surface area contributed by atoms with Crippen LogP contribution >= 0.6 is 0 Å². The van der Waals surface area contributed by atoms with Crippen LogP contribution in [0.5, 0.6) is 0 Å². The smallest absolute Gasteiger partial charge is 0.0362 e. The highest BCUT2D eigenvalue weighted by molar-refractivity contribution is 7.84. The van der Waals surface area contributed by atoms with Gasteiger partial charge in [0.1, 0.15) is 0 Å². The molecule has 1 aliphatic heterocycles. The van der Waals surface area contributed by atoms with Gasteiger partial charge in [-0.1, -0.05) is 37.3 Å². The van der Waals surface area contributed by atoms with Gasteiger partial charge >= 0.3 is 0 Å². The molecule has 1 N–H and O–H groups in total. The summed E-state index contributed by atoms with van der Waals surface area (Å²) < 4.78 is 11.5. The fourth-order valence-corrected chi connectivity index (χ4v) is 3.26. The Kier molecular flexibility index (Phi) is 6.01. The standard InChI is InChI=1S/C15H24N2OS/c1-2-19(18)11-10-17-9-8-16-15(13-17)12-14-6-4-3-5-7-14/h3-7,15-16H,2,8-13H2,1H3. The van der Waals surface area contributed by atoms with Gasteiger partial charge in [-0.25, -0.2) is 0 Å². The maximum atomic E-state index is 11.5. The minimum absolute atomic E-state index is 0.520. The van der Waals surface area contributed by atoms with Crippen molar-refractivity contribution in [2.24, 2.45) is 0 Å². The Balaban J connectivity index is 1.79. The minimum atomic E-state index is -0.640. The van der Waals surface area contributed by atoms with Gasteiger partial charge in [0.15, 0.2) is 0 Å². The Morgan fingerprint density at radius 1 is 1.37 bits per heavy atom. The Labute approximate surface area is 118 Å². The third kappa shape index (κ3) is 5.05. The second-order valence-corrected chi connectivity index (χ2v) is 6.94. The van der Waals surface area contributed by atoms with Crippen LogP contribution in [0.15, 0.2) is 30.3 Å². The topological polar surface area (TPSA) is 32.3 Å². The molecule has 3 nitrogen and oxygen atoms in total. The van der Waals surface area contributed by atoms with E-state index >= 15 is 0 Å². The van der Waals surface area contributed by atoms with Crippen LogP contribution in [0, 0.1) is 0 Å². The molecular formula is C15H24N2OS. The van der Waals surface area contributed by atoms with Gasteiger partial charge < -0.3 is 5.32 Å². The monoisotopic (exact) mass is 280 g/mol. The molecule has 0 amide bonds. The predicted octanol–water partition coefficient (Wildman–Crippen LogP) is 1.27. The predicted molar refractivity (Wildman–Crippen MR) is 81.9 cm³/mol. The first-order chi connectivity index (χ1) is 9.28. The molecule has 0 aliphatic carbocycles. The van der Waals surface area contributed by atoms with Gasteiger partial charge in [0, 0.05) is 54.5 Å². The van der Waals surface area contributed by atoms with Crippen molar-refractivity contribution < 1.29 is 4.21 Å². The lowest BCUT2D eigenvalue weighted by molar-refractivity contribution is 0.209. The maximum absolute atomic E-state index is 11.5. The SMILES string of the molecule is CCS(=O)CCN1CCNC(Cc2ccccc2)C1. The summed E-state index contributed by atoms with van der Waals surface area (Å²) in [6.45, 7) is 6.14. The second-order valence-electron chi connectivity index (χ2n) is 5.07. The molecule has 1 heterocycles. The molecule has 2 atom stereocenters. The molecule has 0 spiro atoms. The molecule has 0 radical (unpaired) electrons. The van der Waals surface area contributed by atoms with Crippen LogP contribution in [0.2, 0.25) is 0 Å². The summed E-state index contributed by atoms with van der Waals surface area (Å²) >= 11 is 0. The number of hydrogen-bond acceptors (Lipinski definition) is 3. The van der Waals surface area contributed by atoms with E-state index in [0.29, 0.717) is 6.04 Å². The van der Waals surface area contributed by atoms with E-state index in [2.05, 4.69) is 40.5 Å². The minimum Gasteiger partial charge on any atom is -0.311 e. The van der Waals surface area contributed by atoms with E-state index in [-0.39, 0.29) is 0 Å². The molecule has 19 heavy (non-hydrogen) atoms. The number of benzene rings is 1. The van der Waals surface area contributed by atoms with E-state index in [1.807, 2.05) is 6.92 Å². The van der Waals surface area contributed by atoms with Gasteiger partial charge in [-0.05, 0) is 12.0 Å². The number of rotatable bonds is 6. The first-order valence-electron chi connectivity index (χ1n) is 7.12. The average molecular weight is 280 g/mol. The summed E-state index contributed by atoms with van der Waals surface area (Å²) in [6.07, 6.45) is 1.08. The molecule has 4 heteroatoms. The van der Waals surface area contributed by atoms with Gasteiger partial charge in [0.25, 0.3) is 0 Å². The number of piperazine rings is 1. The number of nitrogens with zero attached hydrogens (tertiary/aromatic N) is 1. The van der Waals surface area contributed by atoms with E-state index in [1.165, 1.54) is 5.56 Å². The normalized spacial score (nSPS) is 22.3. The Hall–Kier alpha value is -0.710. The summed E-state index contributed by atoms with van der Waals surface area (Å²) in [4.78, 5) is 2.44. The van der Waals surface area contributed by atoms with E-state index in [0.717, 1.165) is 44.1 Å². The van der Waals surface area contributed by atoms with E-state index < -0.39 is 10.8 Å². The first-order valence-corrected chi connectivity index (χ1v) is 8.61. The zero-order valence-electron chi connectivity index (χ0n) is 11.7. The summed E-state index contributed by atoms with van der Waals surface area (Å²) in [5.74, 6) is 1.59. The van der Waals surface area contributed by atoms with Gasteiger partial charge in [-0.3, -0.25) is 9.11 Å². The van der Waals surface area contributed by atoms with Gasteiger partial charge in [0.05, 0.1) is 0 Å². The molecule has 1 saturated heterocycles. The van der Waals surface area contributed by atoms with E-state index in [4.69, 9.17) is 0 Å². The third-order valence-electron chi connectivity index (χ3n) is 3.62. The molecule has 1 aliphatic rings. The molecule has 0 saturated carbocycles. The van der Waals surface area contributed by atoms with Crippen LogP contribution in [0.4, 0.5) is 0 Å². The largest absolute Gasteiger partial charge is 0.311 e. The molecule has 106 valence electrons. The van der Waals surface area contributed by atoms with Gasteiger partial charge in [-0.15, -0.1) is 0 Å². The third-order valence-corrected chi connectivity index (χ3v) is 4.90. The van der Waals surface area contributed by atoms with E-state index in [1.54, 1.807) is 0 Å². The molecule has 1 aromatic rings. The molecule has 1 fully saturated rings. The van der Waals surface area contributed by atoms with Gasteiger partial charge in [-0.2, -0.15) is 0 Å². The van der Waals surface area contributed by atoms with Crippen molar-refractivity contribution in [3.05, 3.63) is 35.9 Å². The fourth-order valence-electron chi connectivity index (χ4n) is 2.51. The summed E-state index contributed by atoms with van der Waals surface area (Å²) in [6, 6.07) is 11.1. The van der Waals surface area contributed by atoms with Crippen molar-refractivity contribution in [1.29, 1.82) is 0 Å². The molecular weight excluding hydrogens is 256 g/mol. The van der Waals surface area contributed by atoms with Crippen molar-refractivity contribution in [2.45, 2.75) is 19.4 Å². The van der Waals surface area contributed by atoms with E-state index in [9.17, 15) is 4.21 Å². The lowest BCUT2D eigenvalue weighted by atomic mass is 10.0. The molecule has 0 aromatic heterocycles. The zero-order chi connectivity index (χ0) is 13.5. The lowest BCUT2D eigenvalue weighted by Gasteiger charge is -2.33. The quantitative estimate of drug-likeness (QED) is 0.852. The molecule has 2 rings (SSSR count). The second kappa shape index (κ2) is 7.78. The zero-order valence-corrected chi connectivity index (χ0v) is 12.5. The van der Waals surface area contributed by atoms with Gasteiger partial charge in [0.2, 0.25) is 0 Å². The molecule has 1 aromatic carbocycles. The summed E-state index contributed by atoms with van der Waals surface area (Å²) in [7, 11) is -0.640. The molecule has 2 unspecified atom stereocenters. The number of nitrogens with one attached hydrogen (secondary N) is 1. The highest BCUT2D eigenvalue weighted by Crippen LogP contribution is 2.07. The Bertz CT molecular complexity index is 396. The van der Waals surface area contributed by atoms with Crippen LogP contribution in [0.1, 0.15) is 12.5 Å². The highest BCUT2D eigenvalue weighted by atomic mass is 32.2. The Morgan fingerprint density at radius 3 is 2.89 bits per heavy atom. The van der Waals surface area contributed by atoms with Crippen molar-refractivity contribution in [3.8, 4) is 0 Å². The van der Waals surface area contributed by atoms with Crippen LogP contribution in [-0.2, 0) is 17.2 Å². The van der Waals surface area contributed by atoms with Crippen LogP contribution < -0.4 is 5.32 Å². The maximum Gasteiger partial charge on any atom is 0.0362 e. The van der Waals surface area contributed by atoms with Crippen LogP contribution in [0.25, 0.3) is 0 Å². The highest BCUT2D eigenvalue weighted by Gasteiger charge is 2.19. The van der Waals surface area contributed by atoms with Crippen molar-refractivity contribution in [1.82, 2.24) is 10.2 Å². The van der Waals surface area contributed by atoms with Crippen molar-refractivity contribution >= 4 is 10.8 Å². The number of hydrogen-bond donors (Lipinski definition) is 1. The summed E-state index contributed by atoms with van der Waals surface area (Å²) in [5, 5.41) is 3.58. The average Bonchev–Trinajstić information content (AvgIpc) is 2.46.